The predicted octanol–water partition coefficient (Wildman–Crippen LogP) is 2.96. The molecule has 1 N–H and O–H groups in total. The molecule has 0 radical (unpaired) electrons. The first kappa shape index (κ1) is 11.6. The van der Waals surface area contributed by atoms with Gasteiger partial charge in [-0.25, -0.2) is 4.98 Å². The maximum absolute atomic E-state index is 10.5. The molecule has 0 aromatic carbocycles. The molecule has 2 rings (SSSR count). The molecule has 0 spiro atoms. The number of aromatic nitrogens is 1. The molecule has 0 amide bonds. The van der Waals surface area contributed by atoms with Crippen molar-refractivity contribution in [2.45, 2.75) is 6.54 Å². The lowest BCUT2D eigenvalue weighted by atomic mass is 10.3. The summed E-state index contributed by atoms with van der Waals surface area (Å²) in [4.78, 5) is 14.0. The molecule has 7 heteroatoms. The highest BCUT2D eigenvalue weighted by Crippen LogP contribution is 2.24. The van der Waals surface area contributed by atoms with Crippen LogP contribution in [0.25, 0.3) is 0 Å². The monoisotopic (exact) mass is 297 g/mol. The average molecular weight is 298 g/mol. The van der Waals surface area contributed by atoms with Crippen molar-refractivity contribution in [2.24, 2.45) is 0 Å². The number of nitrogens with zero attached hydrogens (tertiary/aromatic N) is 2. The van der Waals surface area contributed by atoms with E-state index in [4.69, 9.17) is 4.42 Å². The highest BCUT2D eigenvalue weighted by atomic mass is 79.9. The summed E-state index contributed by atoms with van der Waals surface area (Å²) in [5, 5.41) is 13.6. The van der Waals surface area contributed by atoms with E-state index in [1.165, 1.54) is 12.3 Å². The van der Waals surface area contributed by atoms with Gasteiger partial charge in [-0.1, -0.05) is 0 Å². The third-order valence-electron chi connectivity index (χ3n) is 2.08. The Morgan fingerprint density at radius 2 is 2.41 bits per heavy atom. The second-order valence-electron chi connectivity index (χ2n) is 3.27. The van der Waals surface area contributed by atoms with Crippen LogP contribution in [0.5, 0.6) is 0 Å². The number of nitro groups is 1. The van der Waals surface area contributed by atoms with Crippen LogP contribution in [0.2, 0.25) is 0 Å². The maximum Gasteiger partial charge on any atom is 0.288 e. The second-order valence-corrected chi connectivity index (χ2v) is 4.12. The fourth-order valence-corrected chi connectivity index (χ4v) is 1.71. The van der Waals surface area contributed by atoms with Crippen LogP contribution in [0.4, 0.5) is 11.5 Å². The zero-order chi connectivity index (χ0) is 12.3. The van der Waals surface area contributed by atoms with Gasteiger partial charge in [0.15, 0.2) is 0 Å². The Balaban J connectivity index is 2.09. The summed E-state index contributed by atoms with van der Waals surface area (Å²) < 4.78 is 5.47. The topological polar surface area (TPSA) is 81.2 Å². The average Bonchev–Trinajstić information content (AvgIpc) is 2.80. The van der Waals surface area contributed by atoms with E-state index in [0.717, 1.165) is 5.56 Å². The molecule has 17 heavy (non-hydrogen) atoms. The van der Waals surface area contributed by atoms with E-state index >= 15 is 0 Å². The minimum absolute atomic E-state index is 0.0502. The Kier molecular flexibility index (Phi) is 3.38. The highest BCUT2D eigenvalue weighted by Gasteiger charge is 2.10. The summed E-state index contributed by atoms with van der Waals surface area (Å²) >= 11 is 3.23. The van der Waals surface area contributed by atoms with Gasteiger partial charge in [0.05, 0.1) is 21.9 Å². The molecule has 2 aromatic rings. The van der Waals surface area contributed by atoms with E-state index in [0.29, 0.717) is 16.8 Å². The molecule has 2 heterocycles. The standard InChI is InChI=1S/C10H8BrN3O3/c11-9-3-8(14(15)16)5-13-10(9)12-4-7-1-2-17-6-7/h1-3,5-6H,4H2,(H,12,13). The molecule has 0 aliphatic heterocycles. The van der Waals surface area contributed by atoms with Crippen LogP contribution >= 0.6 is 15.9 Å². The highest BCUT2D eigenvalue weighted by molar-refractivity contribution is 9.10. The number of halogens is 1. The van der Waals surface area contributed by atoms with Gasteiger partial charge in [0.25, 0.3) is 5.69 Å². The number of anilines is 1. The predicted molar refractivity (Wildman–Crippen MR) is 64.6 cm³/mol. The van der Waals surface area contributed by atoms with Crippen molar-refractivity contribution in [2.75, 3.05) is 5.32 Å². The number of rotatable bonds is 4. The van der Waals surface area contributed by atoms with Crippen molar-refractivity contribution >= 4 is 27.4 Å². The van der Waals surface area contributed by atoms with Crippen LogP contribution in [-0.2, 0) is 6.54 Å². The third kappa shape index (κ3) is 2.82. The fourth-order valence-electron chi connectivity index (χ4n) is 1.24. The summed E-state index contributed by atoms with van der Waals surface area (Å²) in [6.07, 6.45) is 4.41. The molecule has 0 aliphatic rings. The first-order valence-corrected chi connectivity index (χ1v) is 5.51. The first-order valence-electron chi connectivity index (χ1n) is 4.71. The van der Waals surface area contributed by atoms with Gasteiger partial charge in [-0.05, 0) is 22.0 Å². The van der Waals surface area contributed by atoms with E-state index in [1.807, 2.05) is 6.07 Å². The van der Waals surface area contributed by atoms with E-state index in [1.54, 1.807) is 12.5 Å². The van der Waals surface area contributed by atoms with E-state index in [2.05, 4.69) is 26.2 Å². The lowest BCUT2D eigenvalue weighted by molar-refractivity contribution is -0.385. The molecule has 0 bridgehead atoms. The smallest absolute Gasteiger partial charge is 0.288 e. The molecule has 6 nitrogen and oxygen atoms in total. The number of hydrogen-bond acceptors (Lipinski definition) is 5. The Labute approximate surface area is 105 Å². The summed E-state index contributed by atoms with van der Waals surface area (Å²) in [6.45, 7) is 0.542. The van der Waals surface area contributed by atoms with Crippen LogP contribution in [0.1, 0.15) is 5.56 Å². The Bertz CT molecular complexity index is 528. The largest absolute Gasteiger partial charge is 0.472 e. The van der Waals surface area contributed by atoms with E-state index < -0.39 is 4.92 Å². The molecule has 2 aromatic heterocycles. The first-order chi connectivity index (χ1) is 8.16. The summed E-state index contributed by atoms with van der Waals surface area (Å²) in [7, 11) is 0. The van der Waals surface area contributed by atoms with Crippen LogP contribution in [0.15, 0.2) is 39.7 Å². The van der Waals surface area contributed by atoms with Gasteiger partial charge < -0.3 is 9.73 Å². The van der Waals surface area contributed by atoms with Crippen molar-refractivity contribution in [3.63, 3.8) is 0 Å². The third-order valence-corrected chi connectivity index (χ3v) is 2.68. The van der Waals surface area contributed by atoms with E-state index in [9.17, 15) is 10.1 Å². The quantitative estimate of drug-likeness (QED) is 0.693. The van der Waals surface area contributed by atoms with Gasteiger partial charge in [-0.2, -0.15) is 0 Å². The lowest BCUT2D eigenvalue weighted by Gasteiger charge is -2.05. The maximum atomic E-state index is 10.5. The second kappa shape index (κ2) is 4.96. The zero-order valence-corrected chi connectivity index (χ0v) is 10.2. The number of nitrogens with one attached hydrogen (secondary N) is 1. The molecule has 0 saturated carbocycles. The van der Waals surface area contributed by atoms with Crippen molar-refractivity contribution in [1.82, 2.24) is 4.98 Å². The Morgan fingerprint density at radius 3 is 3.00 bits per heavy atom. The molecule has 0 unspecified atom stereocenters. The number of pyridine rings is 1. The van der Waals surface area contributed by atoms with Gasteiger partial charge >= 0.3 is 0 Å². The summed E-state index contributed by atoms with van der Waals surface area (Å²) in [5.74, 6) is 0.553. The van der Waals surface area contributed by atoms with Crippen LogP contribution in [0.3, 0.4) is 0 Å². The molecule has 0 atom stereocenters. The van der Waals surface area contributed by atoms with Crippen LogP contribution < -0.4 is 5.32 Å². The van der Waals surface area contributed by atoms with Gasteiger partial charge in [0.1, 0.15) is 12.0 Å². The van der Waals surface area contributed by atoms with Crippen molar-refractivity contribution in [3.8, 4) is 0 Å². The molecular weight excluding hydrogens is 290 g/mol. The molecule has 0 fully saturated rings. The van der Waals surface area contributed by atoms with Gasteiger partial charge in [-0.15, -0.1) is 0 Å². The molecule has 88 valence electrons. The van der Waals surface area contributed by atoms with Gasteiger partial charge in [0.2, 0.25) is 0 Å². The molecule has 0 saturated heterocycles. The number of furan rings is 1. The minimum Gasteiger partial charge on any atom is -0.472 e. The van der Waals surface area contributed by atoms with E-state index in [-0.39, 0.29) is 5.69 Å². The summed E-state index contributed by atoms with van der Waals surface area (Å²) in [5.41, 5.74) is 0.919. The summed E-state index contributed by atoms with van der Waals surface area (Å²) in [6, 6.07) is 3.23. The van der Waals surface area contributed by atoms with Crippen molar-refractivity contribution in [1.29, 1.82) is 0 Å². The van der Waals surface area contributed by atoms with Crippen molar-refractivity contribution < 1.29 is 9.34 Å². The van der Waals surface area contributed by atoms with Gasteiger partial charge in [0, 0.05) is 18.2 Å². The fraction of sp³-hybridized carbons (Fsp3) is 0.100. The van der Waals surface area contributed by atoms with Crippen LogP contribution in [-0.4, -0.2) is 9.91 Å². The minimum atomic E-state index is -0.488. The van der Waals surface area contributed by atoms with Gasteiger partial charge in [-0.3, -0.25) is 10.1 Å². The molecule has 0 aliphatic carbocycles. The normalized spacial score (nSPS) is 10.2. The zero-order valence-electron chi connectivity index (χ0n) is 8.59. The SMILES string of the molecule is O=[N+]([O-])c1cnc(NCc2ccoc2)c(Br)c1. The molecular formula is C10H8BrN3O3. The number of hydrogen-bond donors (Lipinski definition) is 1. The Morgan fingerprint density at radius 1 is 1.59 bits per heavy atom. The Hall–Kier alpha value is -1.89. The van der Waals surface area contributed by atoms with Crippen molar-refractivity contribution in [3.05, 3.63) is 51.0 Å². The van der Waals surface area contributed by atoms with Crippen LogP contribution in [0, 0.1) is 10.1 Å². The lowest BCUT2D eigenvalue weighted by Crippen LogP contribution is -2.01.